The van der Waals surface area contributed by atoms with E-state index in [1.54, 1.807) is 0 Å². The molecule has 21 heavy (non-hydrogen) atoms. The summed E-state index contributed by atoms with van der Waals surface area (Å²) < 4.78 is 2.38. The summed E-state index contributed by atoms with van der Waals surface area (Å²) in [6.07, 6.45) is 7.92. The van der Waals surface area contributed by atoms with Gasteiger partial charge in [0.05, 0.1) is 11.6 Å². The molecule has 0 unspecified atom stereocenters. The number of nitrogens with one attached hydrogen (secondary N) is 1. The van der Waals surface area contributed by atoms with E-state index in [9.17, 15) is 0 Å². The molecule has 108 valence electrons. The molecule has 1 aromatic heterocycles. The molecule has 1 heterocycles. The van der Waals surface area contributed by atoms with Crippen LogP contribution in [0.15, 0.2) is 30.5 Å². The van der Waals surface area contributed by atoms with Gasteiger partial charge in [-0.3, -0.25) is 0 Å². The molecule has 2 fully saturated rings. The Labute approximate surface area is 125 Å². The van der Waals surface area contributed by atoms with Gasteiger partial charge in [-0.1, -0.05) is 18.2 Å². The lowest BCUT2D eigenvalue weighted by atomic mass is 10.0. The minimum atomic E-state index is 0.248. The summed E-state index contributed by atoms with van der Waals surface area (Å²) in [7, 11) is 0. The Bertz CT molecular complexity index is 699. The molecule has 0 spiro atoms. The fraction of sp³-hybridized carbons (Fsp3) is 0.500. The number of nitrogens with zero attached hydrogens (tertiary/aromatic N) is 2. The van der Waals surface area contributed by atoms with Crippen LogP contribution in [-0.4, -0.2) is 10.6 Å². The zero-order valence-corrected chi connectivity index (χ0v) is 12.3. The highest BCUT2D eigenvalue weighted by molar-refractivity contribution is 5.83. The van der Waals surface area contributed by atoms with E-state index in [2.05, 4.69) is 46.4 Å². The van der Waals surface area contributed by atoms with Crippen LogP contribution in [-0.2, 0) is 13.1 Å². The van der Waals surface area contributed by atoms with Gasteiger partial charge < -0.3 is 9.88 Å². The smallest absolute Gasteiger partial charge is 0.0628 e. The molecule has 0 saturated heterocycles. The Morgan fingerprint density at radius 3 is 2.86 bits per heavy atom. The molecule has 1 N–H and O–H groups in total. The number of fused-ring (bicyclic) bond motifs is 1. The van der Waals surface area contributed by atoms with Gasteiger partial charge in [0.2, 0.25) is 0 Å². The van der Waals surface area contributed by atoms with Crippen LogP contribution >= 0.6 is 0 Å². The molecule has 2 aliphatic rings. The van der Waals surface area contributed by atoms with Crippen LogP contribution in [0.3, 0.4) is 0 Å². The van der Waals surface area contributed by atoms with Gasteiger partial charge in [-0.25, -0.2) is 0 Å². The van der Waals surface area contributed by atoms with Gasteiger partial charge in [0.25, 0.3) is 0 Å². The van der Waals surface area contributed by atoms with Crippen molar-refractivity contribution in [1.82, 2.24) is 9.88 Å². The van der Waals surface area contributed by atoms with Crippen LogP contribution in [0.25, 0.3) is 10.9 Å². The lowest BCUT2D eigenvalue weighted by molar-refractivity contribution is 0.439. The third-order valence-electron chi connectivity index (χ3n) is 4.95. The first-order valence-electron chi connectivity index (χ1n) is 7.97. The van der Waals surface area contributed by atoms with Gasteiger partial charge in [-0.05, 0) is 42.7 Å². The zero-order valence-electron chi connectivity index (χ0n) is 12.3. The SMILES string of the molecule is N#CCC1(Cn2ccc3cccc(CNC4CC4)c32)CC1. The van der Waals surface area contributed by atoms with E-state index in [0.29, 0.717) is 6.42 Å². The summed E-state index contributed by atoms with van der Waals surface area (Å²) in [6, 6.07) is 11.9. The second-order valence-corrected chi connectivity index (χ2v) is 6.79. The summed E-state index contributed by atoms with van der Waals surface area (Å²) in [5, 5.41) is 14.0. The Kier molecular flexibility index (Phi) is 3.01. The number of rotatable bonds is 6. The third kappa shape index (κ3) is 2.56. The molecule has 0 radical (unpaired) electrons. The maximum absolute atomic E-state index is 9.02. The van der Waals surface area contributed by atoms with Gasteiger partial charge in [-0.15, -0.1) is 0 Å². The summed E-state index contributed by atoms with van der Waals surface area (Å²) in [4.78, 5) is 0. The third-order valence-corrected chi connectivity index (χ3v) is 4.95. The molecule has 0 aliphatic heterocycles. The standard InChI is InChI=1S/C18H21N3/c19-10-9-18(7-8-18)13-21-11-6-14-2-1-3-15(17(14)21)12-20-16-4-5-16/h1-3,6,11,16,20H,4-5,7-9,12-13H2. The second kappa shape index (κ2) is 4.89. The van der Waals surface area contributed by atoms with E-state index in [0.717, 1.165) is 19.1 Å². The number of para-hydroxylation sites is 1. The summed E-state index contributed by atoms with van der Waals surface area (Å²) in [5.41, 5.74) is 2.99. The highest BCUT2D eigenvalue weighted by Gasteiger charge is 2.42. The van der Waals surface area contributed by atoms with Crippen molar-refractivity contribution >= 4 is 10.9 Å². The minimum Gasteiger partial charge on any atom is -0.347 e. The molecule has 1 aromatic carbocycles. The molecule has 0 amide bonds. The van der Waals surface area contributed by atoms with Crippen LogP contribution in [0.1, 0.15) is 37.7 Å². The van der Waals surface area contributed by atoms with Crippen molar-refractivity contribution in [3.05, 3.63) is 36.0 Å². The van der Waals surface area contributed by atoms with Crippen molar-refractivity contribution < 1.29 is 0 Å². The van der Waals surface area contributed by atoms with Crippen molar-refractivity contribution in [3.63, 3.8) is 0 Å². The Morgan fingerprint density at radius 1 is 1.29 bits per heavy atom. The van der Waals surface area contributed by atoms with Crippen molar-refractivity contribution in [3.8, 4) is 6.07 Å². The topological polar surface area (TPSA) is 40.8 Å². The fourth-order valence-corrected chi connectivity index (χ4v) is 3.25. The highest BCUT2D eigenvalue weighted by Crippen LogP contribution is 2.50. The molecular formula is C18H21N3. The van der Waals surface area contributed by atoms with Crippen molar-refractivity contribution in [2.45, 2.75) is 51.2 Å². The van der Waals surface area contributed by atoms with Gasteiger partial charge in [0.15, 0.2) is 0 Å². The van der Waals surface area contributed by atoms with E-state index in [4.69, 9.17) is 5.26 Å². The Hall–Kier alpha value is -1.79. The molecule has 3 heteroatoms. The largest absolute Gasteiger partial charge is 0.347 e. The van der Waals surface area contributed by atoms with Crippen molar-refractivity contribution in [2.24, 2.45) is 5.41 Å². The maximum atomic E-state index is 9.02. The average Bonchev–Trinajstić information content (AvgIpc) is 3.39. The van der Waals surface area contributed by atoms with Crippen molar-refractivity contribution in [1.29, 1.82) is 5.26 Å². The number of hydrogen-bond acceptors (Lipinski definition) is 2. The average molecular weight is 279 g/mol. The normalized spacial score (nSPS) is 19.6. The second-order valence-electron chi connectivity index (χ2n) is 6.79. The molecule has 4 rings (SSSR count). The van der Waals surface area contributed by atoms with Crippen LogP contribution in [0.2, 0.25) is 0 Å². The molecule has 2 saturated carbocycles. The predicted molar refractivity (Wildman–Crippen MR) is 83.7 cm³/mol. The van der Waals surface area contributed by atoms with Crippen LogP contribution < -0.4 is 5.32 Å². The van der Waals surface area contributed by atoms with E-state index < -0.39 is 0 Å². The predicted octanol–water partition coefficient (Wildman–Crippen LogP) is 3.59. The zero-order chi connectivity index (χ0) is 14.3. The maximum Gasteiger partial charge on any atom is 0.0628 e. The van der Waals surface area contributed by atoms with E-state index in [1.165, 1.54) is 42.1 Å². The first-order chi connectivity index (χ1) is 10.3. The molecule has 2 aliphatic carbocycles. The summed E-state index contributed by atoms with van der Waals surface area (Å²) in [6.45, 7) is 1.95. The van der Waals surface area contributed by atoms with E-state index in [1.807, 2.05) is 0 Å². The monoisotopic (exact) mass is 279 g/mol. The number of hydrogen-bond donors (Lipinski definition) is 1. The van der Waals surface area contributed by atoms with Crippen LogP contribution in [0.4, 0.5) is 0 Å². The molecule has 2 aromatic rings. The highest BCUT2D eigenvalue weighted by atomic mass is 15.0. The Balaban J connectivity index is 1.63. The Morgan fingerprint density at radius 2 is 2.14 bits per heavy atom. The number of nitriles is 1. The van der Waals surface area contributed by atoms with Gasteiger partial charge in [-0.2, -0.15) is 5.26 Å². The lowest BCUT2D eigenvalue weighted by Gasteiger charge is -2.15. The van der Waals surface area contributed by atoms with Gasteiger partial charge in [0, 0.05) is 37.2 Å². The fourth-order valence-electron chi connectivity index (χ4n) is 3.25. The van der Waals surface area contributed by atoms with Crippen molar-refractivity contribution in [2.75, 3.05) is 0 Å². The van der Waals surface area contributed by atoms with E-state index >= 15 is 0 Å². The van der Waals surface area contributed by atoms with E-state index in [-0.39, 0.29) is 5.41 Å². The quantitative estimate of drug-likeness (QED) is 0.878. The molecule has 0 atom stereocenters. The minimum absolute atomic E-state index is 0.248. The lowest BCUT2D eigenvalue weighted by Crippen LogP contribution is -2.17. The van der Waals surface area contributed by atoms with Gasteiger partial charge >= 0.3 is 0 Å². The number of benzene rings is 1. The summed E-state index contributed by atoms with van der Waals surface area (Å²) in [5.74, 6) is 0. The van der Waals surface area contributed by atoms with Gasteiger partial charge in [0.1, 0.15) is 0 Å². The molecular weight excluding hydrogens is 258 g/mol. The van der Waals surface area contributed by atoms with Crippen LogP contribution in [0, 0.1) is 16.7 Å². The summed E-state index contributed by atoms with van der Waals surface area (Å²) >= 11 is 0. The first-order valence-corrected chi connectivity index (χ1v) is 7.97. The van der Waals surface area contributed by atoms with Crippen LogP contribution in [0.5, 0.6) is 0 Å². The molecule has 3 nitrogen and oxygen atoms in total. The first kappa shape index (κ1) is 12.9. The number of aromatic nitrogens is 1. The molecule has 0 bridgehead atoms.